The summed E-state index contributed by atoms with van der Waals surface area (Å²) < 4.78 is 22.9. The number of phenolic OH excluding ortho intramolecular Hbond substituents is 2. The Hall–Kier alpha value is -4.33. The van der Waals surface area contributed by atoms with Gasteiger partial charge in [0, 0.05) is 42.0 Å². The summed E-state index contributed by atoms with van der Waals surface area (Å²) in [5.74, 6) is -3.06. The molecule has 1 heterocycles. The maximum Gasteiger partial charge on any atom is 0.202 e. The van der Waals surface area contributed by atoms with E-state index in [0.29, 0.717) is 5.75 Å². The summed E-state index contributed by atoms with van der Waals surface area (Å²) in [4.78, 5) is 41.1. The Kier molecular flexibility index (Phi) is 7.88. The molecule has 2 aliphatic carbocycles. The summed E-state index contributed by atoms with van der Waals surface area (Å²) in [6, 6.07) is 12.2. The molecule has 1 aliphatic heterocycles. The molecule has 3 aliphatic rings. The molecular formula is C33H33NO11. The van der Waals surface area contributed by atoms with Gasteiger partial charge in [-0.15, -0.1) is 0 Å². The van der Waals surface area contributed by atoms with Crippen molar-refractivity contribution >= 4 is 17.3 Å². The van der Waals surface area contributed by atoms with E-state index in [1.54, 1.807) is 37.3 Å². The Labute approximate surface area is 257 Å². The molecule has 12 nitrogen and oxygen atoms in total. The Morgan fingerprint density at radius 1 is 1.02 bits per heavy atom. The van der Waals surface area contributed by atoms with Crippen molar-refractivity contribution in [3.05, 3.63) is 81.9 Å². The number of Topliss-reactive ketones (excluding diaryl/α,β-unsaturated/α-hetero) is 1. The van der Waals surface area contributed by atoms with Crippen LogP contribution in [0.15, 0.2) is 48.5 Å². The van der Waals surface area contributed by atoms with Gasteiger partial charge in [-0.25, -0.2) is 0 Å². The molecule has 1 fully saturated rings. The van der Waals surface area contributed by atoms with Crippen molar-refractivity contribution in [2.24, 2.45) is 5.73 Å². The van der Waals surface area contributed by atoms with Crippen LogP contribution >= 0.6 is 0 Å². The first-order valence-corrected chi connectivity index (χ1v) is 14.5. The first-order valence-electron chi connectivity index (χ1n) is 14.5. The van der Waals surface area contributed by atoms with Crippen LogP contribution in [-0.4, -0.2) is 81.6 Å². The van der Waals surface area contributed by atoms with Gasteiger partial charge in [0.1, 0.15) is 35.2 Å². The van der Waals surface area contributed by atoms with Crippen molar-refractivity contribution in [3.8, 4) is 23.0 Å². The van der Waals surface area contributed by atoms with Crippen LogP contribution in [0.1, 0.15) is 68.8 Å². The zero-order valence-electron chi connectivity index (χ0n) is 24.6. The monoisotopic (exact) mass is 619 g/mol. The number of aliphatic hydroxyl groups is 2. The summed E-state index contributed by atoms with van der Waals surface area (Å²) in [5.41, 5.74) is 2.67. The standard InChI is InChI=1S/C33H33NO11/c1-15-28(36)19(34)11-23(44-15)45-21-13-33(41,22(35)14-43-16-7-4-3-5-8-16)12-18-25(21)32(40)27-26(30(18)38)29(37)17-9-6-10-20(42-2)24(17)31(27)39/h3-10,15,19,21,23,28,36,38,40-41H,11-14,34H2,1-2H3/t15?,19?,21-,23?,28?,33-/m0/s1. The van der Waals surface area contributed by atoms with Crippen molar-refractivity contribution in [2.75, 3.05) is 13.7 Å². The van der Waals surface area contributed by atoms with Crippen molar-refractivity contribution in [1.82, 2.24) is 0 Å². The fraction of sp³-hybridized carbons (Fsp3) is 0.364. The molecule has 3 aromatic rings. The third-order valence-corrected chi connectivity index (χ3v) is 8.77. The third-order valence-electron chi connectivity index (χ3n) is 8.77. The van der Waals surface area contributed by atoms with E-state index in [9.17, 15) is 34.8 Å². The van der Waals surface area contributed by atoms with Crippen LogP contribution in [0, 0.1) is 0 Å². The number of fused-ring (bicyclic) bond motifs is 3. The van der Waals surface area contributed by atoms with Gasteiger partial charge < -0.3 is 45.1 Å². The number of para-hydroxylation sites is 1. The van der Waals surface area contributed by atoms with Gasteiger partial charge in [0.2, 0.25) is 11.6 Å². The third kappa shape index (κ3) is 5.14. The normalized spacial score (nSPS) is 27.3. The predicted molar refractivity (Wildman–Crippen MR) is 157 cm³/mol. The maximum atomic E-state index is 13.8. The number of rotatable bonds is 7. The molecule has 0 amide bonds. The second-order valence-electron chi connectivity index (χ2n) is 11.6. The van der Waals surface area contributed by atoms with E-state index in [1.165, 1.54) is 25.3 Å². The highest BCUT2D eigenvalue weighted by Gasteiger charge is 2.50. The summed E-state index contributed by atoms with van der Waals surface area (Å²) in [7, 11) is 1.34. The fourth-order valence-electron chi connectivity index (χ4n) is 6.40. The summed E-state index contributed by atoms with van der Waals surface area (Å²) >= 11 is 0. The molecule has 4 unspecified atom stereocenters. The number of nitrogens with two attached hydrogens (primary N) is 1. The predicted octanol–water partition coefficient (Wildman–Crippen LogP) is 2.09. The number of methoxy groups -OCH3 is 1. The molecule has 0 bridgehead atoms. The zero-order valence-corrected chi connectivity index (χ0v) is 24.6. The minimum absolute atomic E-state index is 0.0283. The van der Waals surface area contributed by atoms with Crippen molar-refractivity contribution < 1.29 is 53.8 Å². The zero-order chi connectivity index (χ0) is 32.2. The summed E-state index contributed by atoms with van der Waals surface area (Å²) in [6.45, 7) is 1.07. The van der Waals surface area contributed by atoms with Crippen molar-refractivity contribution in [2.45, 2.75) is 62.4 Å². The van der Waals surface area contributed by atoms with Crippen LogP contribution in [-0.2, 0) is 20.7 Å². The number of aliphatic hydroxyl groups excluding tert-OH is 1. The fourth-order valence-corrected chi connectivity index (χ4v) is 6.40. The average molecular weight is 620 g/mol. The quantitative estimate of drug-likeness (QED) is 0.189. The minimum atomic E-state index is -2.19. The van der Waals surface area contributed by atoms with E-state index in [-0.39, 0.29) is 34.4 Å². The molecular weight excluding hydrogens is 586 g/mol. The highest BCUT2D eigenvalue weighted by Crippen LogP contribution is 2.52. The van der Waals surface area contributed by atoms with Crippen LogP contribution < -0.4 is 15.2 Å². The molecule has 3 aromatic carbocycles. The van der Waals surface area contributed by atoms with Gasteiger partial charge >= 0.3 is 0 Å². The first kappa shape index (κ1) is 30.7. The number of hydrogen-bond donors (Lipinski definition) is 5. The van der Waals surface area contributed by atoms with E-state index in [0.717, 1.165) is 0 Å². The van der Waals surface area contributed by atoms with Crippen LogP contribution in [0.25, 0.3) is 0 Å². The molecule has 45 heavy (non-hydrogen) atoms. The van der Waals surface area contributed by atoms with E-state index < -0.39 is 95.7 Å². The number of carbonyl (C=O) groups excluding carboxylic acids is 3. The Bertz CT molecular complexity index is 1680. The molecule has 6 N–H and O–H groups in total. The number of ketones is 3. The lowest BCUT2D eigenvalue weighted by Crippen LogP contribution is -2.53. The number of carbonyl (C=O) groups is 3. The van der Waals surface area contributed by atoms with Gasteiger partial charge in [0.05, 0.1) is 42.1 Å². The van der Waals surface area contributed by atoms with Crippen LogP contribution in [0.4, 0.5) is 0 Å². The molecule has 0 aromatic heterocycles. The van der Waals surface area contributed by atoms with Gasteiger partial charge in [-0.3, -0.25) is 14.4 Å². The largest absolute Gasteiger partial charge is 0.507 e. The molecule has 6 atom stereocenters. The second kappa shape index (κ2) is 11.5. The van der Waals surface area contributed by atoms with E-state index in [2.05, 4.69) is 0 Å². The average Bonchev–Trinajstić information content (AvgIpc) is 3.02. The number of benzene rings is 3. The molecule has 0 radical (unpaired) electrons. The Morgan fingerprint density at radius 3 is 2.42 bits per heavy atom. The Balaban J connectivity index is 1.45. The highest BCUT2D eigenvalue weighted by molar-refractivity contribution is 6.31. The number of ether oxygens (including phenoxy) is 4. The molecule has 1 saturated heterocycles. The number of hydrogen-bond acceptors (Lipinski definition) is 12. The molecule has 236 valence electrons. The summed E-state index contributed by atoms with van der Waals surface area (Å²) in [5, 5.41) is 45.4. The van der Waals surface area contributed by atoms with Gasteiger partial charge in [-0.2, -0.15) is 0 Å². The minimum Gasteiger partial charge on any atom is -0.507 e. The van der Waals surface area contributed by atoms with Gasteiger partial charge in [-0.1, -0.05) is 30.3 Å². The van der Waals surface area contributed by atoms with Crippen molar-refractivity contribution in [1.29, 1.82) is 0 Å². The van der Waals surface area contributed by atoms with E-state index in [1.807, 2.05) is 0 Å². The molecule has 0 saturated carbocycles. The molecule has 0 spiro atoms. The van der Waals surface area contributed by atoms with Crippen LogP contribution in [0.2, 0.25) is 0 Å². The van der Waals surface area contributed by atoms with Gasteiger partial charge in [-0.05, 0) is 25.1 Å². The molecule has 12 heteroatoms. The topological polar surface area (TPSA) is 195 Å². The molecule has 6 rings (SSSR count). The van der Waals surface area contributed by atoms with Crippen LogP contribution in [0.3, 0.4) is 0 Å². The van der Waals surface area contributed by atoms with Crippen molar-refractivity contribution in [3.63, 3.8) is 0 Å². The number of phenols is 2. The number of aromatic hydroxyl groups is 2. The van der Waals surface area contributed by atoms with E-state index in [4.69, 9.17) is 24.7 Å². The smallest absolute Gasteiger partial charge is 0.202 e. The lowest BCUT2D eigenvalue weighted by molar-refractivity contribution is -0.247. The lowest BCUT2D eigenvalue weighted by atomic mass is 9.72. The van der Waals surface area contributed by atoms with E-state index >= 15 is 0 Å². The Morgan fingerprint density at radius 2 is 1.73 bits per heavy atom. The van der Waals surface area contributed by atoms with Gasteiger partial charge in [0.15, 0.2) is 12.1 Å². The van der Waals surface area contributed by atoms with Crippen LogP contribution in [0.5, 0.6) is 23.0 Å². The second-order valence-corrected chi connectivity index (χ2v) is 11.6. The first-order chi connectivity index (χ1) is 21.4. The summed E-state index contributed by atoms with van der Waals surface area (Å²) in [6.07, 6.45) is -4.98. The SMILES string of the molecule is COc1cccc2c1C(=O)c1c(O)c3c(c(O)c1C2=O)C[C@@](O)(C(=O)COc1ccccc1)C[C@@H]3OC1CC(N)C(O)C(C)O1. The maximum absolute atomic E-state index is 13.8. The van der Waals surface area contributed by atoms with Gasteiger partial charge in [0.25, 0.3) is 0 Å². The lowest BCUT2D eigenvalue weighted by Gasteiger charge is -2.42. The highest BCUT2D eigenvalue weighted by atomic mass is 16.7.